The summed E-state index contributed by atoms with van der Waals surface area (Å²) in [5, 5.41) is 4.36. The molecule has 0 saturated heterocycles. The van der Waals surface area contributed by atoms with E-state index in [1.165, 1.54) is 4.88 Å². The first kappa shape index (κ1) is 16.6. The molecule has 1 heterocycles. The van der Waals surface area contributed by atoms with Crippen molar-refractivity contribution in [1.82, 2.24) is 15.0 Å². The van der Waals surface area contributed by atoms with Crippen LogP contribution in [0.4, 0.5) is 0 Å². The van der Waals surface area contributed by atoms with Crippen molar-refractivity contribution in [3.63, 3.8) is 0 Å². The first-order valence-electron chi connectivity index (χ1n) is 6.35. The molecule has 19 heavy (non-hydrogen) atoms. The standard InChI is InChI=1S/C12H23N3O2S2/c1-6-19(16,17)14-8-7-13-12(4,5)11-15-9(2)10(3)18-11/h13-14H,6-8H2,1-5H3. The molecule has 0 unspecified atom stereocenters. The maximum absolute atomic E-state index is 11.3. The summed E-state index contributed by atoms with van der Waals surface area (Å²) in [6.45, 7) is 10.8. The van der Waals surface area contributed by atoms with E-state index in [0.29, 0.717) is 13.1 Å². The second-order valence-corrected chi connectivity index (χ2v) is 8.31. The molecule has 1 aromatic rings. The van der Waals surface area contributed by atoms with Crippen LogP contribution in [-0.4, -0.2) is 32.2 Å². The number of sulfonamides is 1. The van der Waals surface area contributed by atoms with E-state index in [0.717, 1.165) is 10.7 Å². The predicted molar refractivity (Wildman–Crippen MR) is 80.1 cm³/mol. The Morgan fingerprint density at radius 3 is 2.37 bits per heavy atom. The van der Waals surface area contributed by atoms with Crippen LogP contribution in [0.15, 0.2) is 0 Å². The zero-order chi connectivity index (χ0) is 14.7. The van der Waals surface area contributed by atoms with Crippen LogP contribution in [0.25, 0.3) is 0 Å². The van der Waals surface area contributed by atoms with Crippen LogP contribution < -0.4 is 10.0 Å². The number of nitrogens with zero attached hydrogens (tertiary/aromatic N) is 1. The van der Waals surface area contributed by atoms with Gasteiger partial charge in [0.15, 0.2) is 0 Å². The predicted octanol–water partition coefficient (Wildman–Crippen LogP) is 1.52. The van der Waals surface area contributed by atoms with Crippen molar-refractivity contribution >= 4 is 21.4 Å². The summed E-state index contributed by atoms with van der Waals surface area (Å²) >= 11 is 1.68. The Labute approximate surface area is 119 Å². The average molecular weight is 305 g/mol. The number of hydrogen-bond acceptors (Lipinski definition) is 5. The van der Waals surface area contributed by atoms with Gasteiger partial charge < -0.3 is 5.32 Å². The van der Waals surface area contributed by atoms with E-state index in [2.05, 4.69) is 35.8 Å². The fourth-order valence-corrected chi connectivity index (χ4v) is 3.11. The van der Waals surface area contributed by atoms with E-state index in [-0.39, 0.29) is 11.3 Å². The van der Waals surface area contributed by atoms with Gasteiger partial charge in [0.25, 0.3) is 0 Å². The van der Waals surface area contributed by atoms with Crippen LogP contribution in [-0.2, 0) is 15.6 Å². The van der Waals surface area contributed by atoms with E-state index in [4.69, 9.17) is 0 Å². The summed E-state index contributed by atoms with van der Waals surface area (Å²) in [4.78, 5) is 5.76. The van der Waals surface area contributed by atoms with Crippen LogP contribution in [0.1, 0.15) is 36.3 Å². The number of nitrogens with one attached hydrogen (secondary N) is 2. The Morgan fingerprint density at radius 2 is 1.89 bits per heavy atom. The van der Waals surface area contributed by atoms with Crippen molar-refractivity contribution in [1.29, 1.82) is 0 Å². The molecule has 0 aliphatic rings. The molecule has 110 valence electrons. The van der Waals surface area contributed by atoms with Gasteiger partial charge in [-0.15, -0.1) is 11.3 Å². The van der Waals surface area contributed by atoms with Crippen LogP contribution in [0.2, 0.25) is 0 Å². The smallest absolute Gasteiger partial charge is 0.211 e. The van der Waals surface area contributed by atoms with Crippen LogP contribution in [0, 0.1) is 13.8 Å². The van der Waals surface area contributed by atoms with Gasteiger partial charge in [0, 0.05) is 18.0 Å². The Morgan fingerprint density at radius 1 is 1.26 bits per heavy atom. The highest BCUT2D eigenvalue weighted by molar-refractivity contribution is 7.89. The fraction of sp³-hybridized carbons (Fsp3) is 0.750. The van der Waals surface area contributed by atoms with E-state index in [1.807, 2.05) is 6.92 Å². The summed E-state index contributed by atoms with van der Waals surface area (Å²) in [5.74, 6) is 0.112. The van der Waals surface area contributed by atoms with Gasteiger partial charge in [0.05, 0.1) is 17.0 Å². The number of rotatable bonds is 7. The lowest BCUT2D eigenvalue weighted by Crippen LogP contribution is -2.41. The van der Waals surface area contributed by atoms with Gasteiger partial charge >= 0.3 is 0 Å². The lowest BCUT2D eigenvalue weighted by atomic mass is 10.1. The molecular weight excluding hydrogens is 282 g/mol. The van der Waals surface area contributed by atoms with E-state index in [9.17, 15) is 8.42 Å². The Bertz CT molecular complexity index is 502. The van der Waals surface area contributed by atoms with E-state index < -0.39 is 10.0 Å². The maximum atomic E-state index is 11.3. The fourth-order valence-electron chi connectivity index (χ4n) is 1.50. The van der Waals surface area contributed by atoms with Gasteiger partial charge in [-0.1, -0.05) is 0 Å². The number of aromatic nitrogens is 1. The molecule has 0 saturated carbocycles. The lowest BCUT2D eigenvalue weighted by molar-refractivity contribution is 0.404. The molecule has 2 N–H and O–H groups in total. The maximum Gasteiger partial charge on any atom is 0.211 e. The third kappa shape index (κ3) is 4.83. The second-order valence-electron chi connectivity index (χ2n) is 5.01. The SMILES string of the molecule is CCS(=O)(=O)NCCNC(C)(C)c1nc(C)c(C)s1. The second kappa shape index (κ2) is 6.30. The summed E-state index contributed by atoms with van der Waals surface area (Å²) in [6, 6.07) is 0. The minimum Gasteiger partial charge on any atom is -0.305 e. The van der Waals surface area contributed by atoms with Crippen molar-refractivity contribution in [2.24, 2.45) is 0 Å². The van der Waals surface area contributed by atoms with Gasteiger partial charge in [0.1, 0.15) is 5.01 Å². The van der Waals surface area contributed by atoms with Gasteiger partial charge in [-0.05, 0) is 34.6 Å². The molecule has 0 aromatic carbocycles. The van der Waals surface area contributed by atoms with E-state index in [1.54, 1.807) is 18.3 Å². The van der Waals surface area contributed by atoms with Crippen molar-refractivity contribution in [2.75, 3.05) is 18.8 Å². The first-order valence-corrected chi connectivity index (χ1v) is 8.81. The molecule has 0 aliphatic heterocycles. The van der Waals surface area contributed by atoms with Gasteiger partial charge in [-0.25, -0.2) is 18.1 Å². The minimum absolute atomic E-state index is 0.112. The molecular formula is C12H23N3O2S2. The molecule has 0 atom stereocenters. The monoisotopic (exact) mass is 305 g/mol. The highest BCUT2D eigenvalue weighted by atomic mass is 32.2. The van der Waals surface area contributed by atoms with Gasteiger partial charge in [-0.2, -0.15) is 0 Å². The molecule has 0 fully saturated rings. The summed E-state index contributed by atoms with van der Waals surface area (Å²) in [5.41, 5.74) is 0.808. The van der Waals surface area contributed by atoms with Crippen molar-refractivity contribution in [2.45, 2.75) is 40.2 Å². The Balaban J connectivity index is 2.52. The van der Waals surface area contributed by atoms with Crippen molar-refractivity contribution in [3.8, 4) is 0 Å². The van der Waals surface area contributed by atoms with Crippen LogP contribution in [0.5, 0.6) is 0 Å². The molecule has 1 rings (SSSR count). The zero-order valence-electron chi connectivity index (χ0n) is 12.2. The molecule has 7 heteroatoms. The van der Waals surface area contributed by atoms with Gasteiger partial charge in [-0.3, -0.25) is 0 Å². The number of aryl methyl sites for hydroxylation is 2. The topological polar surface area (TPSA) is 71.1 Å². The highest BCUT2D eigenvalue weighted by Crippen LogP contribution is 2.26. The van der Waals surface area contributed by atoms with Gasteiger partial charge in [0.2, 0.25) is 10.0 Å². The first-order chi connectivity index (χ1) is 8.68. The largest absolute Gasteiger partial charge is 0.305 e. The molecule has 0 radical (unpaired) electrons. The van der Waals surface area contributed by atoms with E-state index >= 15 is 0 Å². The Kier molecular flexibility index (Phi) is 5.49. The molecule has 0 spiro atoms. The molecule has 0 amide bonds. The normalized spacial score (nSPS) is 12.9. The minimum atomic E-state index is -3.11. The molecule has 5 nitrogen and oxygen atoms in total. The summed E-state index contributed by atoms with van der Waals surface area (Å²) < 4.78 is 25.1. The van der Waals surface area contributed by atoms with Crippen molar-refractivity contribution in [3.05, 3.63) is 15.6 Å². The van der Waals surface area contributed by atoms with Crippen LogP contribution in [0.3, 0.4) is 0 Å². The Hall–Kier alpha value is -0.500. The number of thiazole rings is 1. The van der Waals surface area contributed by atoms with Crippen molar-refractivity contribution < 1.29 is 8.42 Å². The number of hydrogen-bond donors (Lipinski definition) is 2. The lowest BCUT2D eigenvalue weighted by Gasteiger charge is -2.24. The summed E-state index contributed by atoms with van der Waals surface area (Å²) in [6.07, 6.45) is 0. The quantitative estimate of drug-likeness (QED) is 0.749. The highest BCUT2D eigenvalue weighted by Gasteiger charge is 2.24. The van der Waals surface area contributed by atoms with Crippen LogP contribution >= 0.6 is 11.3 Å². The molecule has 0 bridgehead atoms. The third-order valence-electron chi connectivity index (χ3n) is 2.96. The zero-order valence-corrected chi connectivity index (χ0v) is 13.8. The molecule has 1 aromatic heterocycles. The molecule has 0 aliphatic carbocycles. The summed E-state index contributed by atoms with van der Waals surface area (Å²) in [7, 11) is -3.11. The third-order valence-corrected chi connectivity index (χ3v) is 5.76. The average Bonchev–Trinajstić information content (AvgIpc) is 2.66.